The SMILES string of the molecule is Nc1nc(N/N=C/c2cccnc2)nc2c1ncn2[C@@H]1O[C@H](CO)[C@@H](O)[C@H]1O. The normalized spacial score (nSPS) is 25.0. The molecule has 0 spiro atoms. The molecule has 12 nitrogen and oxygen atoms in total. The molecule has 0 radical (unpaired) electrons. The maximum atomic E-state index is 10.2. The van der Waals surface area contributed by atoms with Crippen LogP contribution in [0.15, 0.2) is 36.0 Å². The van der Waals surface area contributed by atoms with Crippen LogP contribution in [0.4, 0.5) is 11.8 Å². The molecule has 3 aromatic rings. The smallest absolute Gasteiger partial charge is 0.247 e. The lowest BCUT2D eigenvalue weighted by molar-refractivity contribution is -0.0511. The van der Waals surface area contributed by atoms with Gasteiger partial charge in [0.2, 0.25) is 5.95 Å². The van der Waals surface area contributed by atoms with Gasteiger partial charge >= 0.3 is 0 Å². The molecule has 0 aliphatic carbocycles. The second kappa shape index (κ2) is 7.44. The molecule has 0 aromatic carbocycles. The molecule has 0 saturated carbocycles. The van der Waals surface area contributed by atoms with Gasteiger partial charge in [-0.3, -0.25) is 9.55 Å². The molecule has 4 rings (SSSR count). The Labute approximate surface area is 158 Å². The lowest BCUT2D eigenvalue weighted by Gasteiger charge is -2.16. The second-order valence-corrected chi connectivity index (χ2v) is 6.14. The number of nitrogens with one attached hydrogen (secondary N) is 1. The number of aliphatic hydroxyl groups excluding tert-OH is 3. The van der Waals surface area contributed by atoms with Gasteiger partial charge in [-0.2, -0.15) is 15.1 Å². The molecular formula is C16H18N8O4. The molecule has 146 valence electrons. The minimum Gasteiger partial charge on any atom is -0.394 e. The number of nitrogens with two attached hydrogens (primary N) is 1. The average molecular weight is 386 g/mol. The standard InChI is InChI=1S/C16H18N8O4/c17-13-10-14(22-16(21-13)23-20-5-8-2-1-3-18-4-8)24(7-19-10)15-12(27)11(26)9(6-25)28-15/h1-5,7,9,11-12,15,25-27H,6H2,(H3,17,21,22,23)/b20-5+/t9-,11-,12-,15-/m1/s1. The highest BCUT2D eigenvalue weighted by molar-refractivity contribution is 5.83. The maximum absolute atomic E-state index is 10.2. The summed E-state index contributed by atoms with van der Waals surface area (Å²) >= 11 is 0. The molecule has 1 aliphatic heterocycles. The molecule has 3 aromatic heterocycles. The van der Waals surface area contributed by atoms with Crippen molar-refractivity contribution in [3.63, 3.8) is 0 Å². The fraction of sp³-hybridized carbons (Fsp3) is 0.312. The first-order valence-corrected chi connectivity index (χ1v) is 8.40. The molecule has 1 fully saturated rings. The van der Waals surface area contributed by atoms with E-state index in [4.69, 9.17) is 10.5 Å². The zero-order valence-corrected chi connectivity index (χ0v) is 14.5. The zero-order valence-electron chi connectivity index (χ0n) is 14.5. The number of hydrogen-bond acceptors (Lipinski definition) is 11. The van der Waals surface area contributed by atoms with Gasteiger partial charge in [-0.05, 0) is 6.07 Å². The number of nitrogen functional groups attached to an aromatic ring is 1. The van der Waals surface area contributed by atoms with Crippen LogP contribution in [0.25, 0.3) is 11.2 Å². The first kappa shape index (κ1) is 18.2. The van der Waals surface area contributed by atoms with Crippen molar-refractivity contribution in [2.45, 2.75) is 24.5 Å². The molecule has 1 aliphatic rings. The number of hydrogen-bond donors (Lipinski definition) is 5. The summed E-state index contributed by atoms with van der Waals surface area (Å²) in [5.41, 5.74) is 9.99. The van der Waals surface area contributed by atoms with E-state index >= 15 is 0 Å². The fourth-order valence-corrected chi connectivity index (χ4v) is 2.90. The average Bonchev–Trinajstić information content (AvgIpc) is 3.24. The van der Waals surface area contributed by atoms with Gasteiger partial charge in [0.05, 0.1) is 19.1 Å². The van der Waals surface area contributed by atoms with Crippen molar-refractivity contribution < 1.29 is 20.1 Å². The van der Waals surface area contributed by atoms with Crippen LogP contribution in [0.1, 0.15) is 11.8 Å². The Morgan fingerprint density at radius 2 is 2.18 bits per heavy atom. The van der Waals surface area contributed by atoms with E-state index in [0.717, 1.165) is 5.56 Å². The van der Waals surface area contributed by atoms with Gasteiger partial charge in [-0.25, -0.2) is 10.4 Å². The minimum atomic E-state index is -1.27. The van der Waals surface area contributed by atoms with E-state index in [0.29, 0.717) is 5.52 Å². The van der Waals surface area contributed by atoms with Crippen molar-refractivity contribution in [2.24, 2.45) is 5.10 Å². The number of rotatable bonds is 5. The summed E-state index contributed by atoms with van der Waals surface area (Å²) in [5, 5.41) is 33.5. The highest BCUT2D eigenvalue weighted by Crippen LogP contribution is 2.32. The van der Waals surface area contributed by atoms with Crippen LogP contribution in [0.3, 0.4) is 0 Å². The molecule has 0 bridgehead atoms. The number of aromatic nitrogens is 5. The third-order valence-electron chi connectivity index (χ3n) is 4.30. The Morgan fingerprint density at radius 1 is 1.32 bits per heavy atom. The van der Waals surface area contributed by atoms with Crippen molar-refractivity contribution >= 4 is 29.1 Å². The molecular weight excluding hydrogens is 368 g/mol. The molecule has 28 heavy (non-hydrogen) atoms. The molecule has 6 N–H and O–H groups in total. The maximum Gasteiger partial charge on any atom is 0.247 e. The largest absolute Gasteiger partial charge is 0.394 e. The number of anilines is 2. The Bertz CT molecular complexity index is 995. The quantitative estimate of drug-likeness (QED) is 0.266. The first-order valence-electron chi connectivity index (χ1n) is 8.40. The van der Waals surface area contributed by atoms with Gasteiger partial charge in [0.1, 0.15) is 23.8 Å². The van der Waals surface area contributed by atoms with Crippen LogP contribution >= 0.6 is 0 Å². The van der Waals surface area contributed by atoms with Gasteiger partial charge < -0.3 is 25.8 Å². The van der Waals surface area contributed by atoms with Gasteiger partial charge in [0, 0.05) is 18.0 Å². The second-order valence-electron chi connectivity index (χ2n) is 6.14. The van der Waals surface area contributed by atoms with Gasteiger partial charge in [0.15, 0.2) is 17.7 Å². The number of ether oxygens (including phenoxy) is 1. The summed E-state index contributed by atoms with van der Waals surface area (Å²) in [4.78, 5) is 16.5. The highest BCUT2D eigenvalue weighted by atomic mass is 16.6. The Morgan fingerprint density at radius 3 is 2.89 bits per heavy atom. The molecule has 4 atom stereocenters. The molecule has 1 saturated heterocycles. The first-order chi connectivity index (χ1) is 13.6. The van der Waals surface area contributed by atoms with E-state index < -0.39 is 31.1 Å². The summed E-state index contributed by atoms with van der Waals surface area (Å²) in [5.74, 6) is 0.216. The fourth-order valence-electron chi connectivity index (χ4n) is 2.90. The van der Waals surface area contributed by atoms with E-state index in [1.807, 2.05) is 6.07 Å². The summed E-state index contributed by atoms with van der Waals surface area (Å²) in [6.07, 6.45) is 1.79. The predicted molar refractivity (Wildman–Crippen MR) is 98.2 cm³/mol. The summed E-state index contributed by atoms with van der Waals surface area (Å²) in [6, 6.07) is 3.61. The van der Waals surface area contributed by atoms with Crippen LogP contribution in [-0.4, -0.2) is 71.0 Å². The van der Waals surface area contributed by atoms with E-state index in [1.54, 1.807) is 24.7 Å². The van der Waals surface area contributed by atoms with Crippen LogP contribution in [0.5, 0.6) is 0 Å². The highest BCUT2D eigenvalue weighted by Gasteiger charge is 2.44. The molecule has 4 heterocycles. The van der Waals surface area contributed by atoms with Crippen LogP contribution in [0.2, 0.25) is 0 Å². The molecule has 0 unspecified atom stereocenters. The minimum absolute atomic E-state index is 0.106. The lowest BCUT2D eigenvalue weighted by Crippen LogP contribution is -2.33. The van der Waals surface area contributed by atoms with Gasteiger partial charge in [-0.1, -0.05) is 6.07 Å². The third kappa shape index (κ3) is 3.25. The number of imidazole rings is 1. The summed E-state index contributed by atoms with van der Waals surface area (Å²) < 4.78 is 6.94. The lowest BCUT2D eigenvalue weighted by atomic mass is 10.1. The van der Waals surface area contributed by atoms with E-state index in [-0.39, 0.29) is 17.4 Å². The number of aliphatic hydroxyl groups is 3. The van der Waals surface area contributed by atoms with Crippen molar-refractivity contribution in [1.82, 2.24) is 24.5 Å². The Balaban J connectivity index is 1.63. The third-order valence-corrected chi connectivity index (χ3v) is 4.30. The van der Waals surface area contributed by atoms with Gasteiger partial charge in [0.25, 0.3) is 0 Å². The molecule has 0 amide bonds. The van der Waals surface area contributed by atoms with Crippen molar-refractivity contribution in [3.05, 3.63) is 36.4 Å². The van der Waals surface area contributed by atoms with Crippen molar-refractivity contribution in [2.75, 3.05) is 17.8 Å². The topological polar surface area (TPSA) is 177 Å². The number of pyridine rings is 1. The van der Waals surface area contributed by atoms with Crippen LogP contribution in [0, 0.1) is 0 Å². The number of fused-ring (bicyclic) bond motifs is 1. The Kier molecular flexibility index (Phi) is 4.83. The van der Waals surface area contributed by atoms with Crippen LogP contribution < -0.4 is 11.2 Å². The van der Waals surface area contributed by atoms with Gasteiger partial charge in [-0.15, -0.1) is 0 Å². The monoisotopic (exact) mass is 386 g/mol. The van der Waals surface area contributed by atoms with E-state index in [9.17, 15) is 15.3 Å². The zero-order chi connectivity index (χ0) is 19.7. The predicted octanol–water partition coefficient (Wildman–Crippen LogP) is -1.14. The number of nitrogens with zero attached hydrogens (tertiary/aromatic N) is 6. The summed E-state index contributed by atoms with van der Waals surface area (Å²) in [7, 11) is 0. The van der Waals surface area contributed by atoms with E-state index in [2.05, 4.69) is 30.5 Å². The van der Waals surface area contributed by atoms with Crippen molar-refractivity contribution in [1.29, 1.82) is 0 Å². The summed E-state index contributed by atoms with van der Waals surface area (Å²) in [6.45, 7) is -0.436. The molecule has 12 heteroatoms. The number of hydrazone groups is 1. The van der Waals surface area contributed by atoms with Crippen molar-refractivity contribution in [3.8, 4) is 0 Å². The Hall–Kier alpha value is -3.19. The van der Waals surface area contributed by atoms with E-state index in [1.165, 1.54) is 10.9 Å². The van der Waals surface area contributed by atoms with Crippen LogP contribution in [-0.2, 0) is 4.74 Å².